The number of nitrogens with one attached hydrogen (secondary N) is 2. The van der Waals surface area contributed by atoms with Crippen LogP contribution in [0, 0.1) is 6.92 Å². The number of fused-ring (bicyclic) bond motifs is 1. The van der Waals surface area contributed by atoms with E-state index in [-0.39, 0.29) is 5.92 Å². The van der Waals surface area contributed by atoms with Gasteiger partial charge in [-0.1, -0.05) is 6.07 Å². The fourth-order valence-electron chi connectivity index (χ4n) is 4.12. The van der Waals surface area contributed by atoms with Crippen molar-refractivity contribution < 1.29 is 4.74 Å². The summed E-state index contributed by atoms with van der Waals surface area (Å²) in [6.45, 7) is 1.98. The van der Waals surface area contributed by atoms with Gasteiger partial charge in [-0.3, -0.25) is 4.98 Å². The quantitative estimate of drug-likeness (QED) is 0.490. The van der Waals surface area contributed by atoms with Gasteiger partial charge in [0.2, 0.25) is 5.95 Å². The third-order valence-corrected chi connectivity index (χ3v) is 5.63. The molecule has 0 spiro atoms. The maximum Gasteiger partial charge on any atom is 0.227 e. The number of pyridine rings is 1. The van der Waals surface area contributed by atoms with E-state index in [2.05, 4.69) is 31.3 Å². The molecule has 1 unspecified atom stereocenters. The monoisotopic (exact) mass is 412 g/mol. The van der Waals surface area contributed by atoms with E-state index >= 15 is 0 Å². The predicted molar refractivity (Wildman–Crippen MR) is 120 cm³/mol. The molecule has 31 heavy (non-hydrogen) atoms. The lowest BCUT2D eigenvalue weighted by Crippen LogP contribution is -2.16. The minimum absolute atomic E-state index is 0.201. The number of hydrogen-bond acceptors (Lipinski definition) is 6. The molecule has 1 aromatic carbocycles. The fourth-order valence-corrected chi connectivity index (χ4v) is 4.12. The van der Waals surface area contributed by atoms with Gasteiger partial charge >= 0.3 is 0 Å². The molecule has 1 aliphatic carbocycles. The van der Waals surface area contributed by atoms with Crippen molar-refractivity contribution >= 4 is 11.6 Å². The Hall–Kier alpha value is -3.74. The Morgan fingerprint density at radius 2 is 2.03 bits per heavy atom. The van der Waals surface area contributed by atoms with Gasteiger partial charge in [-0.25, -0.2) is 15.0 Å². The maximum absolute atomic E-state index is 5.60. The van der Waals surface area contributed by atoms with E-state index in [1.54, 1.807) is 13.3 Å². The third kappa shape index (κ3) is 3.86. The van der Waals surface area contributed by atoms with Crippen molar-refractivity contribution in [3.63, 3.8) is 0 Å². The minimum Gasteiger partial charge on any atom is -0.496 e. The Kier molecular flexibility index (Phi) is 5.08. The molecule has 0 amide bonds. The van der Waals surface area contributed by atoms with Crippen LogP contribution in [0.1, 0.15) is 41.4 Å². The molecule has 4 aromatic rings. The van der Waals surface area contributed by atoms with Gasteiger partial charge in [0.1, 0.15) is 11.6 Å². The van der Waals surface area contributed by atoms with Crippen molar-refractivity contribution in [3.05, 3.63) is 77.6 Å². The lowest BCUT2D eigenvalue weighted by Gasteiger charge is -2.24. The van der Waals surface area contributed by atoms with Crippen LogP contribution in [0.3, 0.4) is 0 Å². The molecule has 5 rings (SSSR count). The van der Waals surface area contributed by atoms with E-state index < -0.39 is 0 Å². The molecular formula is C24H24N6O. The summed E-state index contributed by atoms with van der Waals surface area (Å²) in [6, 6.07) is 12.0. The molecule has 3 heterocycles. The summed E-state index contributed by atoms with van der Waals surface area (Å²) in [6.07, 6.45) is 8.76. The summed E-state index contributed by atoms with van der Waals surface area (Å²) in [7, 11) is 1.66. The molecule has 7 heteroatoms. The van der Waals surface area contributed by atoms with Gasteiger partial charge in [0.05, 0.1) is 18.4 Å². The molecule has 1 aliphatic rings. The molecule has 0 saturated carbocycles. The van der Waals surface area contributed by atoms with Crippen LogP contribution in [-0.2, 0) is 6.42 Å². The summed E-state index contributed by atoms with van der Waals surface area (Å²) < 4.78 is 5.60. The molecule has 0 radical (unpaired) electrons. The lowest BCUT2D eigenvalue weighted by molar-refractivity contribution is 0.416. The number of aromatic amines is 1. The number of hydrogen-bond donors (Lipinski definition) is 2. The molecular weight excluding hydrogens is 388 g/mol. The van der Waals surface area contributed by atoms with Crippen LogP contribution in [-0.4, -0.2) is 32.0 Å². The van der Waals surface area contributed by atoms with Crippen molar-refractivity contribution in [2.45, 2.75) is 32.1 Å². The highest BCUT2D eigenvalue weighted by Gasteiger charge is 2.25. The topological polar surface area (TPSA) is 88.6 Å². The predicted octanol–water partition coefficient (Wildman–Crippen LogP) is 4.79. The van der Waals surface area contributed by atoms with Crippen molar-refractivity contribution in [1.29, 1.82) is 0 Å². The van der Waals surface area contributed by atoms with Crippen LogP contribution in [0.25, 0.3) is 11.4 Å². The van der Waals surface area contributed by atoms with E-state index in [0.29, 0.717) is 5.95 Å². The van der Waals surface area contributed by atoms with Crippen molar-refractivity contribution in [2.24, 2.45) is 0 Å². The van der Waals surface area contributed by atoms with E-state index in [9.17, 15) is 0 Å². The number of aromatic nitrogens is 5. The normalized spacial score (nSPS) is 15.4. The highest BCUT2D eigenvalue weighted by Crippen LogP contribution is 2.35. The Morgan fingerprint density at radius 3 is 2.81 bits per heavy atom. The number of ether oxygens (including phenoxy) is 1. The molecule has 0 bridgehead atoms. The Labute approximate surface area is 181 Å². The number of rotatable bonds is 5. The van der Waals surface area contributed by atoms with Crippen molar-refractivity contribution in [1.82, 2.24) is 24.9 Å². The number of benzene rings is 1. The summed E-state index contributed by atoms with van der Waals surface area (Å²) >= 11 is 0. The van der Waals surface area contributed by atoms with E-state index in [4.69, 9.17) is 9.72 Å². The van der Waals surface area contributed by atoms with E-state index in [0.717, 1.165) is 59.2 Å². The number of H-pyrrole nitrogens is 1. The van der Waals surface area contributed by atoms with Gasteiger partial charge < -0.3 is 15.0 Å². The smallest absolute Gasteiger partial charge is 0.227 e. The molecule has 0 aliphatic heterocycles. The van der Waals surface area contributed by atoms with E-state index in [1.807, 2.05) is 49.6 Å². The van der Waals surface area contributed by atoms with Crippen molar-refractivity contribution in [3.8, 4) is 17.1 Å². The van der Waals surface area contributed by atoms with Crippen LogP contribution < -0.4 is 10.1 Å². The number of nitrogens with zero attached hydrogens (tertiary/aromatic N) is 4. The first-order valence-electron chi connectivity index (χ1n) is 10.4. The van der Waals surface area contributed by atoms with Crippen LogP contribution >= 0.6 is 0 Å². The molecule has 2 N–H and O–H groups in total. The first-order chi connectivity index (χ1) is 15.2. The Bertz CT molecular complexity index is 1200. The van der Waals surface area contributed by atoms with Gasteiger partial charge in [0, 0.05) is 47.7 Å². The molecule has 3 aromatic heterocycles. The van der Waals surface area contributed by atoms with Crippen molar-refractivity contribution in [2.75, 3.05) is 12.4 Å². The standard InChI is InChI=1S/C24H24N6O/c1-15-13-26-23(28-15)19-10-9-17(12-21(19)31-2)29-24-27-14-16-6-5-7-18(22(16)30-24)20-8-3-4-11-25-20/h3-4,8-14,18H,5-7H2,1-2H3,(H,26,28)(H,27,29,30). The average molecular weight is 412 g/mol. The Morgan fingerprint density at radius 1 is 1.10 bits per heavy atom. The Balaban J connectivity index is 1.44. The second kappa shape index (κ2) is 8.18. The fraction of sp³-hybridized carbons (Fsp3) is 0.250. The van der Waals surface area contributed by atoms with Crippen LogP contribution in [0.2, 0.25) is 0 Å². The van der Waals surface area contributed by atoms with Gasteiger partial charge in [-0.15, -0.1) is 0 Å². The second-order valence-corrected chi connectivity index (χ2v) is 7.76. The highest BCUT2D eigenvalue weighted by atomic mass is 16.5. The zero-order valence-electron chi connectivity index (χ0n) is 17.6. The van der Waals surface area contributed by atoms with Gasteiger partial charge in [-0.05, 0) is 56.0 Å². The summed E-state index contributed by atoms with van der Waals surface area (Å²) in [5, 5.41) is 3.33. The summed E-state index contributed by atoms with van der Waals surface area (Å²) in [5.41, 5.74) is 6.10. The van der Waals surface area contributed by atoms with Gasteiger partial charge in [0.25, 0.3) is 0 Å². The van der Waals surface area contributed by atoms with E-state index in [1.165, 1.54) is 5.56 Å². The summed E-state index contributed by atoms with van der Waals surface area (Å²) in [5.74, 6) is 2.28. The maximum atomic E-state index is 5.60. The zero-order chi connectivity index (χ0) is 21.2. The van der Waals surface area contributed by atoms with Gasteiger partial charge in [-0.2, -0.15) is 0 Å². The van der Waals surface area contributed by atoms with Crippen LogP contribution in [0.4, 0.5) is 11.6 Å². The molecule has 0 saturated heterocycles. The number of methoxy groups -OCH3 is 1. The second-order valence-electron chi connectivity index (χ2n) is 7.76. The first-order valence-corrected chi connectivity index (χ1v) is 10.4. The zero-order valence-corrected chi connectivity index (χ0v) is 17.6. The highest BCUT2D eigenvalue weighted by molar-refractivity contribution is 5.70. The number of anilines is 2. The lowest BCUT2D eigenvalue weighted by atomic mass is 9.85. The largest absolute Gasteiger partial charge is 0.496 e. The molecule has 7 nitrogen and oxygen atoms in total. The first kappa shape index (κ1) is 19.2. The number of imidazole rings is 1. The molecule has 1 atom stereocenters. The van der Waals surface area contributed by atoms with Gasteiger partial charge in [0.15, 0.2) is 0 Å². The molecule has 0 fully saturated rings. The van der Waals surface area contributed by atoms with Crippen LogP contribution in [0.5, 0.6) is 5.75 Å². The molecule has 156 valence electrons. The minimum atomic E-state index is 0.201. The third-order valence-electron chi connectivity index (χ3n) is 5.63. The SMILES string of the molecule is COc1cc(Nc2ncc3c(n2)C(c2ccccn2)CCC3)ccc1-c1ncc(C)[nH]1. The average Bonchev–Trinajstić information content (AvgIpc) is 3.25. The number of aryl methyl sites for hydroxylation is 2. The summed E-state index contributed by atoms with van der Waals surface area (Å²) in [4.78, 5) is 21.7. The van der Waals surface area contributed by atoms with Crippen LogP contribution in [0.15, 0.2) is 55.0 Å².